The Morgan fingerprint density at radius 2 is 2.21 bits per heavy atom. The summed E-state index contributed by atoms with van der Waals surface area (Å²) in [6.07, 6.45) is 3.92. The number of rotatable bonds is 4. The third-order valence-corrected chi connectivity index (χ3v) is 2.00. The summed E-state index contributed by atoms with van der Waals surface area (Å²) in [5, 5.41) is 2.52. The maximum absolute atomic E-state index is 11.3. The fourth-order valence-corrected chi connectivity index (χ4v) is 1.15. The lowest BCUT2D eigenvalue weighted by Crippen LogP contribution is -2.22. The summed E-state index contributed by atoms with van der Waals surface area (Å²) < 4.78 is 1.70. The largest absolute Gasteiger partial charge is 0.358 e. The zero-order valence-corrected chi connectivity index (χ0v) is 8.41. The van der Waals surface area contributed by atoms with Gasteiger partial charge >= 0.3 is 0 Å². The standard InChI is InChI=1S/C10H14N2O2/c1-3-9(13)8-4-5-12(6-8)7-10(14)11-2/h4-6H,3,7H2,1-2H3,(H,11,14). The van der Waals surface area contributed by atoms with Crippen LogP contribution in [0.15, 0.2) is 18.5 Å². The molecule has 0 aliphatic carbocycles. The van der Waals surface area contributed by atoms with Crippen molar-refractivity contribution in [1.82, 2.24) is 9.88 Å². The number of amides is 1. The molecule has 4 heteroatoms. The van der Waals surface area contributed by atoms with Crippen molar-refractivity contribution in [3.05, 3.63) is 24.0 Å². The molecule has 76 valence electrons. The minimum atomic E-state index is -0.0731. The molecule has 0 spiro atoms. The van der Waals surface area contributed by atoms with Gasteiger partial charge in [0.1, 0.15) is 6.54 Å². The van der Waals surface area contributed by atoms with Gasteiger partial charge in [0.15, 0.2) is 5.78 Å². The number of ketones is 1. The van der Waals surface area contributed by atoms with Gasteiger partial charge in [-0.25, -0.2) is 0 Å². The van der Waals surface area contributed by atoms with Gasteiger partial charge in [0.2, 0.25) is 5.91 Å². The molecule has 14 heavy (non-hydrogen) atoms. The number of carbonyl (C=O) groups excluding carboxylic acids is 2. The molecule has 0 aromatic carbocycles. The lowest BCUT2D eigenvalue weighted by molar-refractivity contribution is -0.121. The summed E-state index contributed by atoms with van der Waals surface area (Å²) in [6.45, 7) is 2.08. The summed E-state index contributed by atoms with van der Waals surface area (Å²) in [5.41, 5.74) is 0.663. The van der Waals surface area contributed by atoms with Crippen LogP contribution in [0.4, 0.5) is 0 Å². The maximum atomic E-state index is 11.3. The van der Waals surface area contributed by atoms with Crippen LogP contribution in [0.5, 0.6) is 0 Å². The van der Waals surface area contributed by atoms with Crippen LogP contribution in [0, 0.1) is 0 Å². The first-order chi connectivity index (χ1) is 6.67. The smallest absolute Gasteiger partial charge is 0.239 e. The van der Waals surface area contributed by atoms with E-state index >= 15 is 0 Å². The summed E-state index contributed by atoms with van der Waals surface area (Å²) in [5.74, 6) is 0.0248. The molecule has 0 atom stereocenters. The zero-order valence-electron chi connectivity index (χ0n) is 8.41. The maximum Gasteiger partial charge on any atom is 0.239 e. The van der Waals surface area contributed by atoms with Gasteiger partial charge in [-0.2, -0.15) is 0 Å². The molecule has 0 radical (unpaired) electrons. The molecule has 1 aromatic heterocycles. The zero-order chi connectivity index (χ0) is 10.6. The number of nitrogens with zero attached hydrogens (tertiary/aromatic N) is 1. The quantitative estimate of drug-likeness (QED) is 0.722. The molecule has 0 bridgehead atoms. The Morgan fingerprint density at radius 1 is 1.50 bits per heavy atom. The SMILES string of the molecule is CCC(=O)c1ccn(CC(=O)NC)c1. The van der Waals surface area contributed by atoms with Crippen LogP contribution in [-0.4, -0.2) is 23.3 Å². The number of aromatic nitrogens is 1. The molecule has 0 aliphatic rings. The molecule has 1 heterocycles. The summed E-state index contributed by atoms with van der Waals surface area (Å²) in [6, 6.07) is 1.73. The van der Waals surface area contributed by atoms with Gasteiger partial charge < -0.3 is 9.88 Å². The lowest BCUT2D eigenvalue weighted by atomic mass is 10.2. The second kappa shape index (κ2) is 4.60. The van der Waals surface area contributed by atoms with Crippen LogP contribution in [-0.2, 0) is 11.3 Å². The van der Waals surface area contributed by atoms with Crippen LogP contribution < -0.4 is 5.32 Å². The summed E-state index contributed by atoms with van der Waals surface area (Å²) in [4.78, 5) is 22.3. The molecule has 0 unspecified atom stereocenters. The van der Waals surface area contributed by atoms with E-state index in [4.69, 9.17) is 0 Å². The Labute approximate surface area is 82.9 Å². The van der Waals surface area contributed by atoms with E-state index in [0.717, 1.165) is 0 Å². The topological polar surface area (TPSA) is 51.1 Å². The van der Waals surface area contributed by atoms with Crippen LogP contribution in [0.3, 0.4) is 0 Å². The van der Waals surface area contributed by atoms with E-state index in [0.29, 0.717) is 12.0 Å². The second-order valence-corrected chi connectivity index (χ2v) is 3.02. The van der Waals surface area contributed by atoms with E-state index in [-0.39, 0.29) is 18.2 Å². The first kappa shape index (κ1) is 10.5. The van der Waals surface area contributed by atoms with E-state index in [1.807, 2.05) is 6.92 Å². The Hall–Kier alpha value is -1.58. The lowest BCUT2D eigenvalue weighted by Gasteiger charge is -2.00. The van der Waals surface area contributed by atoms with Gasteiger partial charge in [0, 0.05) is 31.4 Å². The molecule has 1 rings (SSSR count). The molecule has 0 aliphatic heterocycles. The third kappa shape index (κ3) is 2.45. The number of hydrogen-bond acceptors (Lipinski definition) is 2. The minimum absolute atomic E-state index is 0.0731. The molecule has 0 fully saturated rings. The first-order valence-electron chi connectivity index (χ1n) is 4.57. The van der Waals surface area contributed by atoms with Crippen LogP contribution >= 0.6 is 0 Å². The van der Waals surface area contributed by atoms with E-state index in [1.54, 1.807) is 30.1 Å². The molecule has 0 saturated heterocycles. The Balaban J connectivity index is 2.68. The molecule has 1 amide bonds. The fraction of sp³-hybridized carbons (Fsp3) is 0.400. The van der Waals surface area contributed by atoms with Gasteiger partial charge in [-0.1, -0.05) is 6.92 Å². The predicted octanol–water partition coefficient (Wildman–Crippen LogP) is 0.827. The van der Waals surface area contributed by atoms with Crippen LogP contribution in [0.1, 0.15) is 23.7 Å². The van der Waals surface area contributed by atoms with E-state index in [9.17, 15) is 9.59 Å². The van der Waals surface area contributed by atoms with Crippen molar-refractivity contribution in [2.75, 3.05) is 7.05 Å². The van der Waals surface area contributed by atoms with Gasteiger partial charge in [0.25, 0.3) is 0 Å². The average Bonchev–Trinajstić information content (AvgIpc) is 2.65. The van der Waals surface area contributed by atoms with Crippen molar-refractivity contribution in [2.45, 2.75) is 19.9 Å². The van der Waals surface area contributed by atoms with Crippen molar-refractivity contribution in [2.24, 2.45) is 0 Å². The van der Waals surface area contributed by atoms with Crippen LogP contribution in [0.25, 0.3) is 0 Å². The van der Waals surface area contributed by atoms with Gasteiger partial charge in [-0.05, 0) is 6.07 Å². The minimum Gasteiger partial charge on any atom is -0.358 e. The predicted molar refractivity (Wildman–Crippen MR) is 53.1 cm³/mol. The van der Waals surface area contributed by atoms with E-state index < -0.39 is 0 Å². The molecule has 1 N–H and O–H groups in total. The van der Waals surface area contributed by atoms with Gasteiger partial charge in [-0.15, -0.1) is 0 Å². The van der Waals surface area contributed by atoms with Crippen molar-refractivity contribution < 1.29 is 9.59 Å². The van der Waals surface area contributed by atoms with Crippen molar-refractivity contribution >= 4 is 11.7 Å². The summed E-state index contributed by atoms with van der Waals surface area (Å²) in [7, 11) is 1.59. The Kier molecular flexibility index (Phi) is 3.45. The third-order valence-electron chi connectivity index (χ3n) is 2.00. The number of carbonyl (C=O) groups is 2. The number of nitrogens with one attached hydrogen (secondary N) is 1. The highest BCUT2D eigenvalue weighted by atomic mass is 16.1. The van der Waals surface area contributed by atoms with Gasteiger partial charge in [0.05, 0.1) is 0 Å². The monoisotopic (exact) mass is 194 g/mol. The molecule has 0 saturated carbocycles. The van der Waals surface area contributed by atoms with Crippen LogP contribution in [0.2, 0.25) is 0 Å². The normalized spacial score (nSPS) is 9.86. The number of likely N-dealkylation sites (N-methyl/N-ethyl adjacent to an activating group) is 1. The Bertz CT molecular complexity index is 342. The molecule has 4 nitrogen and oxygen atoms in total. The van der Waals surface area contributed by atoms with Crippen molar-refractivity contribution in [3.63, 3.8) is 0 Å². The molecular weight excluding hydrogens is 180 g/mol. The second-order valence-electron chi connectivity index (χ2n) is 3.02. The molecule has 1 aromatic rings. The summed E-state index contributed by atoms with van der Waals surface area (Å²) >= 11 is 0. The fourth-order valence-electron chi connectivity index (χ4n) is 1.15. The average molecular weight is 194 g/mol. The number of hydrogen-bond donors (Lipinski definition) is 1. The first-order valence-corrected chi connectivity index (χ1v) is 4.57. The highest BCUT2D eigenvalue weighted by molar-refractivity contribution is 5.95. The van der Waals surface area contributed by atoms with Gasteiger partial charge in [-0.3, -0.25) is 9.59 Å². The Morgan fingerprint density at radius 3 is 2.79 bits per heavy atom. The van der Waals surface area contributed by atoms with E-state index in [2.05, 4.69) is 5.32 Å². The van der Waals surface area contributed by atoms with Crippen molar-refractivity contribution in [3.8, 4) is 0 Å². The highest BCUT2D eigenvalue weighted by Crippen LogP contribution is 2.04. The van der Waals surface area contributed by atoms with E-state index in [1.165, 1.54) is 0 Å². The highest BCUT2D eigenvalue weighted by Gasteiger charge is 2.06. The van der Waals surface area contributed by atoms with Crippen molar-refractivity contribution in [1.29, 1.82) is 0 Å². The molecular formula is C10H14N2O2. The number of Topliss-reactive ketones (excluding diaryl/α,β-unsaturated/α-hetero) is 1.